The van der Waals surface area contributed by atoms with Crippen LogP contribution in [0.15, 0.2) is 29.3 Å². The predicted molar refractivity (Wildman–Crippen MR) is 94.6 cm³/mol. The number of benzene rings is 1. The van der Waals surface area contributed by atoms with Gasteiger partial charge in [-0.2, -0.15) is 0 Å². The fraction of sp³-hybridized carbons (Fsp3) is 0.588. The maximum Gasteiger partial charge on any atom is 0.191 e. The lowest BCUT2D eigenvalue weighted by molar-refractivity contribution is 0.232. The van der Waals surface area contributed by atoms with E-state index in [1.54, 1.807) is 0 Å². The van der Waals surface area contributed by atoms with Gasteiger partial charge in [0.15, 0.2) is 5.96 Å². The minimum atomic E-state index is 0.596. The first kappa shape index (κ1) is 17.1. The van der Waals surface area contributed by atoms with Gasteiger partial charge in [-0.25, -0.2) is 4.99 Å². The van der Waals surface area contributed by atoms with Crippen molar-refractivity contribution in [2.24, 2.45) is 4.99 Å². The van der Waals surface area contributed by atoms with Gasteiger partial charge in [-0.3, -0.25) is 0 Å². The molecule has 0 saturated carbocycles. The Bertz CT molecular complexity index is 469. The molecule has 0 bridgehead atoms. The Morgan fingerprint density at radius 2 is 1.95 bits per heavy atom. The molecule has 1 aromatic rings. The quantitative estimate of drug-likeness (QED) is 0.625. The molecule has 0 radical (unpaired) electrons. The van der Waals surface area contributed by atoms with Crippen LogP contribution in [0.1, 0.15) is 31.7 Å². The SMILES string of the molecule is CCNC(=NCc1ccccc1Cl)NCCN1CCCCC1. The molecular weight excluding hydrogens is 296 g/mol. The van der Waals surface area contributed by atoms with Crippen molar-refractivity contribution in [3.8, 4) is 0 Å². The number of aliphatic imine (C=N–C) groups is 1. The number of rotatable bonds is 6. The van der Waals surface area contributed by atoms with Crippen molar-refractivity contribution in [2.75, 3.05) is 32.7 Å². The van der Waals surface area contributed by atoms with E-state index in [4.69, 9.17) is 11.6 Å². The van der Waals surface area contributed by atoms with E-state index in [9.17, 15) is 0 Å². The molecule has 1 heterocycles. The van der Waals surface area contributed by atoms with Crippen LogP contribution in [0.25, 0.3) is 0 Å². The number of likely N-dealkylation sites (tertiary alicyclic amines) is 1. The van der Waals surface area contributed by atoms with Crippen molar-refractivity contribution in [1.29, 1.82) is 0 Å². The van der Waals surface area contributed by atoms with Crippen LogP contribution in [0.5, 0.6) is 0 Å². The molecule has 1 aliphatic rings. The van der Waals surface area contributed by atoms with Crippen molar-refractivity contribution in [3.05, 3.63) is 34.9 Å². The summed E-state index contributed by atoms with van der Waals surface area (Å²) in [5.74, 6) is 0.861. The topological polar surface area (TPSA) is 39.7 Å². The van der Waals surface area contributed by atoms with E-state index in [0.29, 0.717) is 6.54 Å². The Morgan fingerprint density at radius 3 is 2.68 bits per heavy atom. The third-order valence-electron chi connectivity index (χ3n) is 3.88. The van der Waals surface area contributed by atoms with Gasteiger partial charge < -0.3 is 15.5 Å². The summed E-state index contributed by atoms with van der Waals surface area (Å²) in [5.41, 5.74) is 1.05. The molecule has 2 rings (SSSR count). The highest BCUT2D eigenvalue weighted by atomic mass is 35.5. The summed E-state index contributed by atoms with van der Waals surface area (Å²) in [7, 11) is 0. The molecule has 0 atom stereocenters. The van der Waals surface area contributed by atoms with Crippen molar-refractivity contribution in [3.63, 3.8) is 0 Å². The minimum absolute atomic E-state index is 0.596. The van der Waals surface area contributed by atoms with E-state index in [2.05, 4.69) is 27.4 Å². The number of piperidine rings is 1. The Labute approximate surface area is 138 Å². The van der Waals surface area contributed by atoms with Gasteiger partial charge in [0.2, 0.25) is 0 Å². The van der Waals surface area contributed by atoms with Crippen molar-refractivity contribution in [2.45, 2.75) is 32.7 Å². The number of guanidine groups is 1. The predicted octanol–water partition coefficient (Wildman–Crippen LogP) is 2.88. The fourth-order valence-corrected chi connectivity index (χ4v) is 2.84. The van der Waals surface area contributed by atoms with Crippen LogP contribution >= 0.6 is 11.6 Å². The first-order valence-electron chi connectivity index (χ1n) is 8.27. The van der Waals surface area contributed by atoms with E-state index in [1.165, 1.54) is 32.4 Å². The lowest BCUT2D eigenvalue weighted by atomic mass is 10.1. The number of hydrogen-bond acceptors (Lipinski definition) is 2. The summed E-state index contributed by atoms with van der Waals surface area (Å²) in [6.07, 6.45) is 4.05. The number of halogens is 1. The molecule has 1 aromatic carbocycles. The van der Waals surface area contributed by atoms with Gasteiger partial charge in [0.25, 0.3) is 0 Å². The zero-order valence-electron chi connectivity index (χ0n) is 13.4. The van der Waals surface area contributed by atoms with Gasteiger partial charge in [0.05, 0.1) is 6.54 Å². The van der Waals surface area contributed by atoms with Crippen LogP contribution in [-0.2, 0) is 6.54 Å². The van der Waals surface area contributed by atoms with Crippen LogP contribution in [0.3, 0.4) is 0 Å². The molecule has 4 nitrogen and oxygen atoms in total. The van der Waals surface area contributed by atoms with Crippen molar-refractivity contribution < 1.29 is 0 Å². The molecule has 1 aliphatic heterocycles. The summed E-state index contributed by atoms with van der Waals surface area (Å²) >= 11 is 6.17. The van der Waals surface area contributed by atoms with Crippen LogP contribution in [-0.4, -0.2) is 43.6 Å². The zero-order valence-corrected chi connectivity index (χ0v) is 14.2. The second-order valence-electron chi connectivity index (χ2n) is 5.62. The second-order valence-corrected chi connectivity index (χ2v) is 6.02. The Kier molecular flexibility index (Phi) is 7.54. The molecule has 1 saturated heterocycles. The third kappa shape index (κ3) is 5.85. The van der Waals surface area contributed by atoms with Gasteiger partial charge in [-0.15, -0.1) is 0 Å². The standard InChI is InChI=1S/C17H27ClN4/c1-2-19-17(20-10-13-22-11-6-3-7-12-22)21-14-15-8-4-5-9-16(15)18/h4-5,8-9H,2-3,6-7,10-14H2,1H3,(H2,19,20,21). The summed E-state index contributed by atoms with van der Waals surface area (Å²) in [6, 6.07) is 7.86. The molecule has 0 unspecified atom stereocenters. The van der Waals surface area contributed by atoms with Gasteiger partial charge in [-0.1, -0.05) is 36.2 Å². The molecule has 0 amide bonds. The zero-order chi connectivity index (χ0) is 15.6. The largest absolute Gasteiger partial charge is 0.357 e. The molecule has 122 valence electrons. The Morgan fingerprint density at radius 1 is 1.18 bits per heavy atom. The molecule has 22 heavy (non-hydrogen) atoms. The summed E-state index contributed by atoms with van der Waals surface area (Å²) in [5, 5.41) is 7.47. The van der Waals surface area contributed by atoms with E-state index in [1.807, 2.05) is 24.3 Å². The highest BCUT2D eigenvalue weighted by Gasteiger charge is 2.09. The average molecular weight is 323 g/mol. The molecule has 0 spiro atoms. The van der Waals surface area contributed by atoms with Crippen molar-refractivity contribution >= 4 is 17.6 Å². The third-order valence-corrected chi connectivity index (χ3v) is 4.25. The first-order chi connectivity index (χ1) is 10.8. The lowest BCUT2D eigenvalue weighted by Crippen LogP contribution is -2.42. The average Bonchev–Trinajstić information content (AvgIpc) is 2.55. The smallest absolute Gasteiger partial charge is 0.191 e. The molecule has 0 aromatic heterocycles. The van der Waals surface area contributed by atoms with E-state index < -0.39 is 0 Å². The second kappa shape index (κ2) is 9.70. The first-order valence-corrected chi connectivity index (χ1v) is 8.65. The number of nitrogens with one attached hydrogen (secondary N) is 2. The summed E-state index contributed by atoms with van der Waals surface area (Å²) in [6.45, 7) is 8.00. The lowest BCUT2D eigenvalue weighted by Gasteiger charge is -2.26. The van der Waals surface area contributed by atoms with E-state index in [0.717, 1.165) is 36.2 Å². The van der Waals surface area contributed by atoms with Gasteiger partial charge in [0, 0.05) is 24.7 Å². The van der Waals surface area contributed by atoms with E-state index >= 15 is 0 Å². The van der Waals surface area contributed by atoms with Crippen LogP contribution < -0.4 is 10.6 Å². The maximum absolute atomic E-state index is 6.17. The monoisotopic (exact) mass is 322 g/mol. The number of hydrogen-bond donors (Lipinski definition) is 2. The van der Waals surface area contributed by atoms with Gasteiger partial charge >= 0.3 is 0 Å². The minimum Gasteiger partial charge on any atom is -0.357 e. The van der Waals surface area contributed by atoms with Crippen LogP contribution in [0.4, 0.5) is 0 Å². The highest BCUT2D eigenvalue weighted by Crippen LogP contribution is 2.15. The van der Waals surface area contributed by atoms with Crippen LogP contribution in [0.2, 0.25) is 5.02 Å². The van der Waals surface area contributed by atoms with Crippen LogP contribution in [0, 0.1) is 0 Å². The van der Waals surface area contributed by atoms with Gasteiger partial charge in [-0.05, 0) is 44.5 Å². The Balaban J connectivity index is 1.80. The van der Waals surface area contributed by atoms with Gasteiger partial charge in [0.1, 0.15) is 0 Å². The van der Waals surface area contributed by atoms with E-state index in [-0.39, 0.29) is 0 Å². The molecule has 2 N–H and O–H groups in total. The normalized spacial score (nSPS) is 16.5. The molecule has 0 aliphatic carbocycles. The molecule has 1 fully saturated rings. The van der Waals surface area contributed by atoms with Crippen molar-refractivity contribution in [1.82, 2.24) is 15.5 Å². The fourth-order valence-electron chi connectivity index (χ4n) is 2.65. The number of nitrogens with zero attached hydrogens (tertiary/aromatic N) is 2. The molecule has 5 heteroatoms. The summed E-state index contributed by atoms with van der Waals surface area (Å²) in [4.78, 5) is 7.14. The molecular formula is C17H27ClN4. The maximum atomic E-state index is 6.17. The Hall–Kier alpha value is -1.26. The summed E-state index contributed by atoms with van der Waals surface area (Å²) < 4.78 is 0. The highest BCUT2D eigenvalue weighted by molar-refractivity contribution is 6.31.